The largest absolute Gasteiger partial charge is 0.276 e. The molecule has 0 radical (unpaired) electrons. The van der Waals surface area contributed by atoms with Crippen LogP contribution in [0.15, 0.2) is 58.5 Å². The van der Waals surface area contributed by atoms with E-state index >= 15 is 0 Å². The number of halogens is 3. The number of thiazole rings is 1. The lowest BCUT2D eigenvalue weighted by Gasteiger charge is -2.25. The van der Waals surface area contributed by atoms with Gasteiger partial charge in [0.05, 0.1) is 23.4 Å². The van der Waals surface area contributed by atoms with E-state index in [-0.39, 0.29) is 16.1 Å². The molecule has 0 aliphatic heterocycles. The van der Waals surface area contributed by atoms with Crippen LogP contribution in [-0.2, 0) is 16.6 Å². The lowest BCUT2D eigenvalue weighted by Crippen LogP contribution is -2.30. The molecule has 0 N–H and O–H groups in total. The Morgan fingerprint density at radius 2 is 1.93 bits per heavy atom. The van der Waals surface area contributed by atoms with Crippen molar-refractivity contribution < 1.29 is 17.2 Å². The number of anilines is 1. The van der Waals surface area contributed by atoms with Gasteiger partial charge >= 0.3 is 0 Å². The third-order valence-corrected chi connectivity index (χ3v) is 8.11. The third kappa shape index (κ3) is 3.64. The number of hydrogen-bond donors (Lipinski definition) is 0. The van der Waals surface area contributed by atoms with Gasteiger partial charge in [0.1, 0.15) is 0 Å². The molecule has 0 fully saturated rings. The second-order valence-electron chi connectivity index (χ2n) is 6.47. The molecule has 0 aliphatic rings. The topological polar surface area (TPSA) is 63.2 Å². The van der Waals surface area contributed by atoms with E-state index in [2.05, 4.69) is 9.97 Å². The fourth-order valence-electron chi connectivity index (χ4n) is 3.11. The average Bonchev–Trinajstić information content (AvgIpc) is 3.16. The van der Waals surface area contributed by atoms with Gasteiger partial charge in [0.2, 0.25) is 0 Å². The van der Waals surface area contributed by atoms with E-state index < -0.39 is 21.7 Å². The molecular formula is C20H14ClF2N3O2S2. The number of rotatable bonds is 5. The van der Waals surface area contributed by atoms with Crippen LogP contribution in [0.1, 0.15) is 11.3 Å². The number of sulfonamides is 1. The van der Waals surface area contributed by atoms with E-state index in [1.165, 1.54) is 30.0 Å². The zero-order valence-electron chi connectivity index (χ0n) is 15.5. The SMILES string of the molecule is Cc1ncsc1S(=O)(=O)N(Cc1cncc2c(F)c(F)ccc12)c1cccc(Cl)c1. The van der Waals surface area contributed by atoms with Crippen molar-refractivity contribution in [3.05, 3.63) is 82.2 Å². The van der Waals surface area contributed by atoms with Crippen molar-refractivity contribution >= 4 is 49.4 Å². The molecule has 0 saturated heterocycles. The fourth-order valence-corrected chi connectivity index (χ4v) is 6.04. The molecule has 4 rings (SSSR count). The molecule has 0 aliphatic carbocycles. The van der Waals surface area contributed by atoms with Gasteiger partial charge in [0, 0.05) is 22.8 Å². The predicted octanol–water partition coefficient (Wildman–Crippen LogP) is 5.33. The Balaban J connectivity index is 1.89. The first-order valence-electron chi connectivity index (χ1n) is 8.68. The molecule has 5 nitrogen and oxygen atoms in total. The minimum absolute atomic E-state index is 0.0232. The van der Waals surface area contributed by atoms with E-state index in [1.807, 2.05) is 0 Å². The van der Waals surface area contributed by atoms with Gasteiger partial charge in [-0.15, -0.1) is 11.3 Å². The number of benzene rings is 2. The van der Waals surface area contributed by atoms with Crippen LogP contribution in [0.2, 0.25) is 5.02 Å². The molecule has 0 atom stereocenters. The van der Waals surface area contributed by atoms with Crippen LogP contribution in [0, 0.1) is 18.6 Å². The van der Waals surface area contributed by atoms with Gasteiger partial charge in [-0.2, -0.15) is 0 Å². The van der Waals surface area contributed by atoms with Crippen LogP contribution in [-0.4, -0.2) is 18.4 Å². The number of pyridine rings is 1. The Kier molecular flexibility index (Phi) is 5.44. The maximum absolute atomic E-state index is 14.2. The normalized spacial score (nSPS) is 11.7. The second kappa shape index (κ2) is 7.90. The summed E-state index contributed by atoms with van der Waals surface area (Å²) >= 11 is 7.10. The smallest absolute Gasteiger partial charge is 0.264 e. The summed E-state index contributed by atoms with van der Waals surface area (Å²) in [5.74, 6) is -2.03. The van der Waals surface area contributed by atoms with Gasteiger partial charge < -0.3 is 0 Å². The Morgan fingerprint density at radius 3 is 2.63 bits per heavy atom. The highest BCUT2D eigenvalue weighted by Gasteiger charge is 2.29. The highest BCUT2D eigenvalue weighted by atomic mass is 35.5. The summed E-state index contributed by atoms with van der Waals surface area (Å²) in [4.78, 5) is 8.02. The molecule has 0 unspecified atom stereocenters. The van der Waals surface area contributed by atoms with E-state index in [0.29, 0.717) is 27.4 Å². The predicted molar refractivity (Wildman–Crippen MR) is 113 cm³/mol. The lowest BCUT2D eigenvalue weighted by atomic mass is 10.1. The molecule has 2 aromatic heterocycles. The summed E-state index contributed by atoms with van der Waals surface area (Å²) in [6.45, 7) is 1.45. The van der Waals surface area contributed by atoms with E-state index in [9.17, 15) is 17.2 Å². The number of hydrogen-bond acceptors (Lipinski definition) is 5. The van der Waals surface area contributed by atoms with E-state index in [0.717, 1.165) is 21.7 Å². The Morgan fingerprint density at radius 1 is 1.13 bits per heavy atom. The van der Waals surface area contributed by atoms with Crippen LogP contribution in [0.3, 0.4) is 0 Å². The highest BCUT2D eigenvalue weighted by molar-refractivity contribution is 7.94. The molecule has 10 heteroatoms. The van der Waals surface area contributed by atoms with E-state index in [4.69, 9.17) is 11.6 Å². The van der Waals surface area contributed by atoms with Crippen molar-refractivity contribution in [2.24, 2.45) is 0 Å². The molecule has 2 heterocycles. The average molecular weight is 466 g/mol. The van der Waals surface area contributed by atoms with Gasteiger partial charge in [-0.1, -0.05) is 23.7 Å². The maximum atomic E-state index is 14.2. The zero-order valence-corrected chi connectivity index (χ0v) is 17.9. The summed E-state index contributed by atoms with van der Waals surface area (Å²) in [6.07, 6.45) is 2.65. The van der Waals surface area contributed by atoms with Crippen LogP contribution >= 0.6 is 22.9 Å². The van der Waals surface area contributed by atoms with Gasteiger partial charge in [-0.25, -0.2) is 22.2 Å². The molecule has 0 amide bonds. The maximum Gasteiger partial charge on any atom is 0.276 e. The number of nitrogens with zero attached hydrogens (tertiary/aromatic N) is 3. The van der Waals surface area contributed by atoms with Crippen LogP contribution < -0.4 is 4.31 Å². The lowest BCUT2D eigenvalue weighted by molar-refractivity contribution is 0.517. The van der Waals surface area contributed by atoms with Crippen molar-refractivity contribution in [3.63, 3.8) is 0 Å². The fraction of sp³-hybridized carbons (Fsp3) is 0.100. The summed E-state index contributed by atoms with van der Waals surface area (Å²) in [5, 5.41) is 0.704. The van der Waals surface area contributed by atoms with Gasteiger partial charge in [0.25, 0.3) is 10.0 Å². The molecular weight excluding hydrogens is 452 g/mol. The molecule has 154 valence electrons. The Hall–Kier alpha value is -2.62. The van der Waals surface area contributed by atoms with E-state index in [1.54, 1.807) is 25.1 Å². The molecule has 0 bridgehead atoms. The molecule has 4 aromatic rings. The second-order valence-corrected chi connectivity index (χ2v) is 9.82. The minimum atomic E-state index is -4.01. The first kappa shape index (κ1) is 20.6. The van der Waals surface area contributed by atoms with Crippen molar-refractivity contribution in [2.45, 2.75) is 17.7 Å². The van der Waals surface area contributed by atoms with Crippen LogP contribution in [0.5, 0.6) is 0 Å². The van der Waals surface area contributed by atoms with Crippen LogP contribution in [0.4, 0.5) is 14.5 Å². The van der Waals surface area contributed by atoms with Crippen molar-refractivity contribution in [2.75, 3.05) is 4.31 Å². The van der Waals surface area contributed by atoms with Gasteiger partial charge in [-0.3, -0.25) is 9.29 Å². The molecule has 0 spiro atoms. The zero-order chi connectivity index (χ0) is 21.5. The first-order valence-corrected chi connectivity index (χ1v) is 11.4. The quantitative estimate of drug-likeness (QED) is 0.400. The number of aryl methyl sites for hydroxylation is 1. The molecule has 0 saturated carbocycles. The number of fused-ring (bicyclic) bond motifs is 1. The van der Waals surface area contributed by atoms with Gasteiger partial charge in [-0.05, 0) is 42.1 Å². The summed E-state index contributed by atoms with van der Waals surface area (Å²) < 4.78 is 56.1. The molecule has 2 aromatic carbocycles. The Bertz CT molecular complexity index is 1360. The molecule has 30 heavy (non-hydrogen) atoms. The standard InChI is InChI=1S/C20H14ClF2N3O2S2/c1-12-20(29-11-25-12)30(27,28)26(15-4-2-3-14(21)7-15)10-13-8-24-9-17-16(13)5-6-18(22)19(17)23/h2-9,11H,10H2,1H3. The van der Waals surface area contributed by atoms with Crippen molar-refractivity contribution in [3.8, 4) is 0 Å². The first-order chi connectivity index (χ1) is 14.3. The monoisotopic (exact) mass is 465 g/mol. The third-order valence-electron chi connectivity index (χ3n) is 4.55. The minimum Gasteiger partial charge on any atom is -0.264 e. The van der Waals surface area contributed by atoms with Crippen molar-refractivity contribution in [1.29, 1.82) is 0 Å². The highest BCUT2D eigenvalue weighted by Crippen LogP contribution is 2.32. The summed E-state index contributed by atoms with van der Waals surface area (Å²) in [7, 11) is -4.01. The number of aromatic nitrogens is 2. The summed E-state index contributed by atoms with van der Waals surface area (Å²) in [6, 6.07) is 8.81. The van der Waals surface area contributed by atoms with Crippen molar-refractivity contribution in [1.82, 2.24) is 9.97 Å². The summed E-state index contributed by atoms with van der Waals surface area (Å²) in [5.41, 5.74) is 2.57. The van der Waals surface area contributed by atoms with Gasteiger partial charge in [0.15, 0.2) is 15.8 Å². The Labute approximate surface area is 180 Å². The van der Waals surface area contributed by atoms with Crippen LogP contribution in [0.25, 0.3) is 10.8 Å².